The summed E-state index contributed by atoms with van der Waals surface area (Å²) in [6.45, 7) is 2.69. The van der Waals surface area contributed by atoms with Gasteiger partial charge in [0.1, 0.15) is 22.8 Å². The first-order valence-corrected chi connectivity index (χ1v) is 7.05. The van der Waals surface area contributed by atoms with Crippen molar-refractivity contribution >= 4 is 23.3 Å². The largest absolute Gasteiger partial charge is 0.368 e. The van der Waals surface area contributed by atoms with Gasteiger partial charge in [-0.15, -0.1) is 0 Å². The molecule has 19 heavy (non-hydrogen) atoms. The molecule has 1 unspecified atom stereocenters. The van der Waals surface area contributed by atoms with Crippen molar-refractivity contribution < 1.29 is 4.79 Å². The molecule has 1 aromatic heterocycles. The quantitative estimate of drug-likeness (QED) is 0.857. The number of rotatable bonds is 3. The first-order valence-electron chi connectivity index (χ1n) is 6.68. The van der Waals surface area contributed by atoms with Gasteiger partial charge in [-0.2, -0.15) is 0 Å². The van der Waals surface area contributed by atoms with Crippen molar-refractivity contribution in [1.29, 1.82) is 0 Å². The number of hydrogen-bond acceptors (Lipinski definition) is 4. The zero-order valence-electron chi connectivity index (χ0n) is 10.9. The summed E-state index contributed by atoms with van der Waals surface area (Å²) in [4.78, 5) is 22.5. The van der Waals surface area contributed by atoms with Gasteiger partial charge in [-0.1, -0.05) is 11.6 Å². The second-order valence-corrected chi connectivity index (χ2v) is 5.71. The Bertz CT molecular complexity index is 530. The van der Waals surface area contributed by atoms with Crippen LogP contribution in [0.3, 0.4) is 0 Å². The molecule has 1 aromatic rings. The van der Waals surface area contributed by atoms with Crippen molar-refractivity contribution in [2.24, 2.45) is 5.73 Å². The Kier molecular flexibility index (Phi) is 3.09. The molecule has 102 valence electrons. The summed E-state index contributed by atoms with van der Waals surface area (Å²) in [5.74, 6) is 1.73. The number of aromatic nitrogens is 2. The topological polar surface area (TPSA) is 72.1 Å². The zero-order valence-corrected chi connectivity index (χ0v) is 11.7. The average molecular weight is 281 g/mol. The smallest absolute Gasteiger partial charge is 0.240 e. The van der Waals surface area contributed by atoms with E-state index in [1.807, 2.05) is 11.8 Å². The van der Waals surface area contributed by atoms with Crippen LogP contribution in [0.1, 0.15) is 43.0 Å². The van der Waals surface area contributed by atoms with Crippen LogP contribution in [-0.2, 0) is 4.79 Å². The summed E-state index contributed by atoms with van der Waals surface area (Å²) in [7, 11) is 0. The fourth-order valence-corrected chi connectivity index (χ4v) is 2.78. The van der Waals surface area contributed by atoms with Crippen LogP contribution in [-0.4, -0.2) is 28.5 Å². The molecule has 3 rings (SSSR count). The number of amides is 1. The summed E-state index contributed by atoms with van der Waals surface area (Å²) in [5, 5.41) is 0.488. The molecule has 2 heterocycles. The molecule has 1 amide bonds. The fraction of sp³-hybridized carbons (Fsp3) is 0.615. The third kappa shape index (κ3) is 2.27. The molecular formula is C13H17ClN4O. The van der Waals surface area contributed by atoms with Crippen molar-refractivity contribution in [3.05, 3.63) is 16.5 Å². The third-order valence-electron chi connectivity index (χ3n) is 3.87. The van der Waals surface area contributed by atoms with E-state index in [-0.39, 0.29) is 11.9 Å². The van der Waals surface area contributed by atoms with Gasteiger partial charge >= 0.3 is 0 Å². The minimum absolute atomic E-state index is 0.267. The van der Waals surface area contributed by atoms with Crippen molar-refractivity contribution in [2.75, 3.05) is 11.4 Å². The monoisotopic (exact) mass is 280 g/mol. The van der Waals surface area contributed by atoms with Gasteiger partial charge < -0.3 is 10.6 Å². The SMILES string of the molecule is Cc1c(Cl)nc(C2CC2)nc1N1CCCC1C(N)=O. The number of carbonyl (C=O) groups excluding carboxylic acids is 1. The number of hydrogen-bond donors (Lipinski definition) is 1. The highest BCUT2D eigenvalue weighted by molar-refractivity contribution is 6.30. The van der Waals surface area contributed by atoms with Crippen molar-refractivity contribution in [3.8, 4) is 0 Å². The van der Waals surface area contributed by atoms with E-state index >= 15 is 0 Å². The predicted molar refractivity (Wildman–Crippen MR) is 73.3 cm³/mol. The van der Waals surface area contributed by atoms with E-state index in [2.05, 4.69) is 9.97 Å². The van der Waals surface area contributed by atoms with Gasteiger partial charge in [0.2, 0.25) is 5.91 Å². The predicted octanol–water partition coefficient (Wildman–Crippen LogP) is 1.77. The number of halogens is 1. The van der Waals surface area contributed by atoms with Crippen LogP contribution in [0.2, 0.25) is 5.15 Å². The molecule has 5 nitrogen and oxygen atoms in total. The van der Waals surface area contributed by atoms with Crippen molar-refractivity contribution in [1.82, 2.24) is 9.97 Å². The van der Waals surface area contributed by atoms with E-state index in [1.54, 1.807) is 0 Å². The van der Waals surface area contributed by atoms with E-state index < -0.39 is 0 Å². The summed E-state index contributed by atoms with van der Waals surface area (Å²) in [6.07, 6.45) is 3.98. The number of primary amides is 1. The van der Waals surface area contributed by atoms with Gasteiger partial charge in [-0.3, -0.25) is 4.79 Å². The molecule has 1 aliphatic carbocycles. The minimum atomic E-state index is -0.292. The number of nitrogens with two attached hydrogens (primary N) is 1. The van der Waals surface area contributed by atoms with Crippen molar-refractivity contribution in [3.63, 3.8) is 0 Å². The fourth-order valence-electron chi connectivity index (χ4n) is 2.61. The molecule has 0 radical (unpaired) electrons. The summed E-state index contributed by atoms with van der Waals surface area (Å²) < 4.78 is 0. The Balaban J connectivity index is 2.00. The van der Waals surface area contributed by atoms with Gasteiger partial charge in [0, 0.05) is 18.0 Å². The molecule has 2 fully saturated rings. The Labute approximate surface area is 117 Å². The van der Waals surface area contributed by atoms with Gasteiger partial charge in [0.25, 0.3) is 0 Å². The van der Waals surface area contributed by atoms with Gasteiger partial charge in [-0.05, 0) is 32.6 Å². The van der Waals surface area contributed by atoms with Crippen LogP contribution in [0, 0.1) is 6.92 Å². The molecule has 0 bridgehead atoms. The van der Waals surface area contributed by atoms with Crippen LogP contribution in [0.25, 0.3) is 0 Å². The molecule has 1 aliphatic heterocycles. The van der Waals surface area contributed by atoms with Crippen LogP contribution in [0.15, 0.2) is 0 Å². The van der Waals surface area contributed by atoms with Crippen LogP contribution in [0.5, 0.6) is 0 Å². The van der Waals surface area contributed by atoms with E-state index in [4.69, 9.17) is 17.3 Å². The Morgan fingerprint density at radius 3 is 2.74 bits per heavy atom. The normalized spacial score (nSPS) is 22.8. The summed E-state index contributed by atoms with van der Waals surface area (Å²) in [5.41, 5.74) is 6.30. The zero-order chi connectivity index (χ0) is 13.6. The van der Waals surface area contributed by atoms with Crippen molar-refractivity contribution in [2.45, 2.75) is 44.6 Å². The highest BCUT2D eigenvalue weighted by Crippen LogP contribution is 2.40. The highest BCUT2D eigenvalue weighted by atomic mass is 35.5. The average Bonchev–Trinajstić information content (AvgIpc) is 3.09. The molecule has 0 spiro atoms. The lowest BCUT2D eigenvalue weighted by atomic mass is 10.2. The number of carbonyl (C=O) groups is 1. The molecular weight excluding hydrogens is 264 g/mol. The molecule has 1 atom stereocenters. The Hall–Kier alpha value is -1.36. The second kappa shape index (κ2) is 4.63. The highest BCUT2D eigenvalue weighted by Gasteiger charge is 2.34. The van der Waals surface area contributed by atoms with E-state index in [0.29, 0.717) is 11.1 Å². The molecule has 6 heteroatoms. The maximum absolute atomic E-state index is 11.5. The first kappa shape index (κ1) is 12.7. The summed E-state index contributed by atoms with van der Waals surface area (Å²) >= 11 is 6.20. The number of nitrogens with zero attached hydrogens (tertiary/aromatic N) is 3. The van der Waals surface area contributed by atoms with Crippen LogP contribution < -0.4 is 10.6 Å². The molecule has 2 aliphatic rings. The first-order chi connectivity index (χ1) is 9.08. The van der Waals surface area contributed by atoms with E-state index in [0.717, 1.165) is 49.4 Å². The lowest BCUT2D eigenvalue weighted by molar-refractivity contribution is -0.119. The standard InChI is InChI=1S/C13H17ClN4O/c1-7-10(14)16-12(8-4-5-8)17-13(7)18-6-2-3-9(18)11(15)19/h8-9H,2-6H2,1H3,(H2,15,19). The van der Waals surface area contributed by atoms with E-state index in [1.165, 1.54) is 0 Å². The Morgan fingerprint density at radius 1 is 1.37 bits per heavy atom. The molecule has 1 saturated carbocycles. The number of anilines is 1. The maximum Gasteiger partial charge on any atom is 0.240 e. The summed E-state index contributed by atoms with van der Waals surface area (Å²) in [6, 6.07) is -0.267. The third-order valence-corrected chi connectivity index (χ3v) is 4.24. The van der Waals surface area contributed by atoms with Crippen LogP contribution in [0.4, 0.5) is 5.82 Å². The lowest BCUT2D eigenvalue weighted by Crippen LogP contribution is -2.41. The van der Waals surface area contributed by atoms with Gasteiger partial charge in [0.15, 0.2) is 0 Å². The molecule has 0 aromatic carbocycles. The van der Waals surface area contributed by atoms with Gasteiger partial charge in [-0.25, -0.2) is 9.97 Å². The minimum Gasteiger partial charge on any atom is -0.368 e. The van der Waals surface area contributed by atoms with E-state index in [9.17, 15) is 4.79 Å². The molecule has 2 N–H and O–H groups in total. The lowest BCUT2D eigenvalue weighted by Gasteiger charge is -2.25. The van der Waals surface area contributed by atoms with Crippen LogP contribution >= 0.6 is 11.6 Å². The molecule has 1 saturated heterocycles. The maximum atomic E-state index is 11.5. The van der Waals surface area contributed by atoms with Gasteiger partial charge in [0.05, 0.1) is 0 Å². The Morgan fingerprint density at radius 2 is 2.11 bits per heavy atom. The second-order valence-electron chi connectivity index (χ2n) is 5.35.